The molecule has 0 saturated carbocycles. The number of nitrogens with zero attached hydrogens (tertiary/aromatic N) is 2. The quantitative estimate of drug-likeness (QED) is 0.193. The minimum atomic E-state index is -1.01. The van der Waals surface area contributed by atoms with Crippen molar-refractivity contribution >= 4 is 29.7 Å². The third kappa shape index (κ3) is 5.73. The van der Waals surface area contributed by atoms with Crippen LogP contribution in [0.4, 0.5) is 10.5 Å². The second-order valence-corrected chi connectivity index (χ2v) is 8.00. The summed E-state index contributed by atoms with van der Waals surface area (Å²) in [6.07, 6.45) is 1.51. The molecule has 37 heavy (non-hydrogen) atoms. The van der Waals surface area contributed by atoms with E-state index in [-0.39, 0.29) is 30.1 Å². The Morgan fingerprint density at radius 2 is 1.70 bits per heavy atom. The predicted molar refractivity (Wildman–Crippen MR) is 131 cm³/mol. The number of non-ortho nitro benzene ring substituents is 1. The van der Waals surface area contributed by atoms with Crippen LogP contribution < -0.4 is 14.8 Å². The van der Waals surface area contributed by atoms with E-state index in [0.29, 0.717) is 22.6 Å². The second kappa shape index (κ2) is 10.6. The van der Waals surface area contributed by atoms with Gasteiger partial charge in [0.2, 0.25) is 0 Å². The monoisotopic (exact) mass is 503 g/mol. The third-order valence-corrected chi connectivity index (χ3v) is 5.54. The molecule has 0 atom stereocenters. The fraction of sp³-hybridized carbons (Fsp3) is 0.115. The largest absolute Gasteiger partial charge is 0.493 e. The maximum atomic E-state index is 12.8. The van der Waals surface area contributed by atoms with Crippen molar-refractivity contribution in [3.8, 4) is 11.5 Å². The molecule has 3 aromatic rings. The number of amides is 3. The topological polar surface area (TPSA) is 148 Å². The maximum Gasteiger partial charge on any atom is 0.335 e. The van der Waals surface area contributed by atoms with E-state index in [1.165, 1.54) is 49.6 Å². The zero-order chi connectivity index (χ0) is 26.5. The first kappa shape index (κ1) is 24.9. The van der Waals surface area contributed by atoms with Crippen molar-refractivity contribution in [2.75, 3.05) is 7.11 Å². The number of hydrogen-bond donors (Lipinski definition) is 2. The number of imide groups is 1. The van der Waals surface area contributed by atoms with E-state index in [0.717, 1.165) is 10.5 Å². The van der Waals surface area contributed by atoms with Gasteiger partial charge in [0.1, 0.15) is 12.3 Å². The van der Waals surface area contributed by atoms with E-state index in [2.05, 4.69) is 5.32 Å². The molecule has 0 bridgehead atoms. The van der Waals surface area contributed by atoms with Gasteiger partial charge in [-0.15, -0.1) is 0 Å². The number of methoxy groups -OCH3 is 1. The number of ether oxygens (including phenoxy) is 2. The molecule has 2 N–H and O–H groups in total. The lowest BCUT2D eigenvalue weighted by Crippen LogP contribution is -2.30. The Bertz CT molecular complexity index is 1400. The van der Waals surface area contributed by atoms with Gasteiger partial charge in [-0.3, -0.25) is 19.8 Å². The molecule has 0 radical (unpaired) electrons. The van der Waals surface area contributed by atoms with Crippen LogP contribution in [0.5, 0.6) is 11.5 Å². The van der Waals surface area contributed by atoms with Crippen LogP contribution in [0, 0.1) is 10.1 Å². The van der Waals surface area contributed by atoms with Crippen LogP contribution in [0.1, 0.15) is 27.0 Å². The SMILES string of the molecule is COc1cc(C=C2NC(=O)N(Cc3ccc([N+](=O)[O-])cc3)C2=O)ccc1OCc1ccc(C(=O)O)cc1. The number of hydrogen-bond acceptors (Lipinski definition) is 7. The van der Waals surface area contributed by atoms with Gasteiger partial charge >= 0.3 is 12.0 Å². The zero-order valence-electron chi connectivity index (χ0n) is 19.5. The molecule has 4 rings (SSSR count). The van der Waals surface area contributed by atoms with Crippen molar-refractivity contribution in [2.45, 2.75) is 13.2 Å². The van der Waals surface area contributed by atoms with Crippen LogP contribution >= 0.6 is 0 Å². The summed E-state index contributed by atoms with van der Waals surface area (Å²) in [7, 11) is 1.47. The molecule has 0 spiro atoms. The average molecular weight is 503 g/mol. The Labute approximate surface area is 210 Å². The first-order valence-electron chi connectivity index (χ1n) is 11.0. The van der Waals surface area contributed by atoms with Crippen LogP contribution in [-0.2, 0) is 17.9 Å². The highest BCUT2D eigenvalue weighted by Crippen LogP contribution is 2.30. The molecule has 1 heterocycles. The highest BCUT2D eigenvalue weighted by atomic mass is 16.6. The Hall–Kier alpha value is -5.19. The van der Waals surface area contributed by atoms with Gasteiger partial charge in [0, 0.05) is 12.1 Å². The van der Waals surface area contributed by atoms with Crippen molar-refractivity contribution in [2.24, 2.45) is 0 Å². The van der Waals surface area contributed by atoms with Crippen molar-refractivity contribution in [1.82, 2.24) is 10.2 Å². The predicted octanol–water partition coefficient (Wildman–Crippen LogP) is 3.97. The minimum absolute atomic E-state index is 0.0382. The number of aromatic carboxylic acids is 1. The summed E-state index contributed by atoms with van der Waals surface area (Å²) in [4.78, 5) is 47.5. The number of rotatable bonds is 9. The van der Waals surface area contributed by atoms with E-state index in [4.69, 9.17) is 14.6 Å². The molecule has 0 aliphatic carbocycles. The minimum Gasteiger partial charge on any atom is -0.493 e. The van der Waals surface area contributed by atoms with Gasteiger partial charge in [-0.25, -0.2) is 9.59 Å². The number of benzene rings is 3. The molecule has 3 aromatic carbocycles. The van der Waals surface area contributed by atoms with E-state index >= 15 is 0 Å². The summed E-state index contributed by atoms with van der Waals surface area (Å²) in [6, 6.07) is 16.3. The van der Waals surface area contributed by atoms with E-state index in [1.54, 1.807) is 30.3 Å². The normalized spacial score (nSPS) is 14.0. The molecule has 0 unspecified atom stereocenters. The van der Waals surface area contributed by atoms with Gasteiger partial charge in [0.25, 0.3) is 11.6 Å². The number of carboxylic acids is 1. The van der Waals surface area contributed by atoms with Gasteiger partial charge in [-0.2, -0.15) is 0 Å². The molecular formula is C26H21N3O8. The van der Waals surface area contributed by atoms with Crippen LogP contribution in [-0.4, -0.2) is 39.9 Å². The lowest BCUT2D eigenvalue weighted by atomic mass is 10.1. The molecule has 3 amide bonds. The van der Waals surface area contributed by atoms with Crippen LogP contribution in [0.2, 0.25) is 0 Å². The number of carbonyl (C=O) groups excluding carboxylic acids is 2. The number of nitro benzene ring substituents is 1. The van der Waals surface area contributed by atoms with Gasteiger partial charge < -0.3 is 19.9 Å². The first-order chi connectivity index (χ1) is 17.7. The molecule has 0 aromatic heterocycles. The molecule has 11 heteroatoms. The van der Waals surface area contributed by atoms with Crippen LogP contribution in [0.25, 0.3) is 6.08 Å². The van der Waals surface area contributed by atoms with Gasteiger partial charge in [0.15, 0.2) is 11.5 Å². The maximum absolute atomic E-state index is 12.8. The molecule has 1 aliphatic heterocycles. The fourth-order valence-electron chi connectivity index (χ4n) is 3.59. The summed E-state index contributed by atoms with van der Waals surface area (Å²) in [6.45, 7) is 0.145. The molecule has 188 valence electrons. The van der Waals surface area contributed by atoms with E-state index in [9.17, 15) is 24.5 Å². The van der Waals surface area contributed by atoms with Crippen molar-refractivity contribution in [3.63, 3.8) is 0 Å². The zero-order valence-corrected chi connectivity index (χ0v) is 19.5. The molecular weight excluding hydrogens is 482 g/mol. The van der Waals surface area contributed by atoms with Gasteiger partial charge in [-0.05, 0) is 47.0 Å². The summed E-state index contributed by atoms with van der Waals surface area (Å²) in [5, 5.41) is 22.3. The Morgan fingerprint density at radius 3 is 2.32 bits per heavy atom. The molecule has 1 aliphatic rings. The van der Waals surface area contributed by atoms with E-state index in [1.807, 2.05) is 0 Å². The number of carboxylic acid groups (broad SMARTS) is 1. The summed E-state index contributed by atoms with van der Waals surface area (Å²) in [5.74, 6) is -0.706. The fourth-order valence-corrected chi connectivity index (χ4v) is 3.59. The number of urea groups is 1. The highest BCUT2D eigenvalue weighted by Gasteiger charge is 2.33. The summed E-state index contributed by atoms with van der Waals surface area (Å²) >= 11 is 0. The van der Waals surface area contributed by atoms with Crippen molar-refractivity contribution in [3.05, 3.63) is 105 Å². The lowest BCUT2D eigenvalue weighted by molar-refractivity contribution is -0.384. The Balaban J connectivity index is 1.44. The van der Waals surface area contributed by atoms with Crippen LogP contribution in [0.15, 0.2) is 72.4 Å². The number of carbonyl (C=O) groups is 3. The highest BCUT2D eigenvalue weighted by molar-refractivity contribution is 6.13. The summed E-state index contributed by atoms with van der Waals surface area (Å²) in [5.41, 5.74) is 2.08. The van der Waals surface area contributed by atoms with Crippen molar-refractivity contribution < 1.29 is 33.9 Å². The molecule has 11 nitrogen and oxygen atoms in total. The second-order valence-electron chi connectivity index (χ2n) is 8.00. The molecule has 1 fully saturated rings. The standard InChI is InChI=1S/C26H21N3O8/c1-36-23-13-18(6-11-22(23)37-15-17-2-7-19(8-3-17)25(31)32)12-21-24(30)28(26(33)27-21)14-16-4-9-20(10-5-16)29(34)35/h2-13H,14-15H2,1H3,(H,27,33)(H,31,32). The average Bonchev–Trinajstić information content (AvgIpc) is 3.15. The first-order valence-corrected chi connectivity index (χ1v) is 11.0. The van der Waals surface area contributed by atoms with E-state index < -0.39 is 22.8 Å². The third-order valence-electron chi connectivity index (χ3n) is 5.54. The summed E-state index contributed by atoms with van der Waals surface area (Å²) < 4.78 is 11.2. The van der Waals surface area contributed by atoms with Crippen molar-refractivity contribution in [1.29, 1.82) is 0 Å². The Kier molecular flexibility index (Phi) is 7.14. The smallest absolute Gasteiger partial charge is 0.335 e. The van der Waals surface area contributed by atoms with Gasteiger partial charge in [0.05, 0.1) is 24.1 Å². The number of nitrogens with one attached hydrogen (secondary N) is 1. The lowest BCUT2D eigenvalue weighted by Gasteiger charge is -2.12. The number of nitro groups is 1. The molecule has 1 saturated heterocycles. The van der Waals surface area contributed by atoms with Gasteiger partial charge in [-0.1, -0.05) is 30.3 Å². The van der Waals surface area contributed by atoms with Crippen LogP contribution in [0.3, 0.4) is 0 Å². The Morgan fingerprint density at radius 1 is 1.03 bits per heavy atom.